The molecule has 6 rings (SSSR count). The Bertz CT molecular complexity index is 1440. The van der Waals surface area contributed by atoms with Gasteiger partial charge < -0.3 is 21.7 Å². The lowest BCUT2D eigenvalue weighted by Gasteiger charge is -2.34. The third-order valence-corrected chi connectivity index (χ3v) is 10.6. The highest BCUT2D eigenvalue weighted by atomic mass is 32.1. The van der Waals surface area contributed by atoms with E-state index in [9.17, 15) is 19.6 Å². The third kappa shape index (κ3) is 4.21. The number of piperidine rings is 1. The number of thiophene rings is 2. The van der Waals surface area contributed by atoms with Crippen LogP contribution in [0.15, 0.2) is 12.1 Å². The van der Waals surface area contributed by atoms with Crippen LogP contribution in [0.25, 0.3) is 0 Å². The number of carbonyl (C=O) groups excluding carboxylic acids is 3. The molecule has 1 aliphatic heterocycles. The Labute approximate surface area is 231 Å². The molecule has 202 valence electrons. The Morgan fingerprint density at radius 1 is 1.23 bits per heavy atom. The van der Waals surface area contributed by atoms with E-state index in [1.165, 1.54) is 22.7 Å². The number of fused-ring (bicyclic) bond motifs is 3. The van der Waals surface area contributed by atoms with Crippen LogP contribution in [0.1, 0.15) is 72.2 Å². The second-order valence-corrected chi connectivity index (χ2v) is 12.7. The number of nitrogens with zero attached hydrogens (tertiary/aromatic N) is 5. The number of hydrogen-bond donors (Lipinski definition) is 4. The predicted octanol–water partition coefficient (Wildman–Crippen LogP) is 0.835. The fourth-order valence-electron chi connectivity index (χ4n) is 6.24. The number of hydrogen-bond acceptors (Lipinski definition) is 10. The molecule has 3 amide bonds. The maximum Gasteiger partial charge on any atom is 0.258 e. The van der Waals surface area contributed by atoms with Gasteiger partial charge in [0.05, 0.1) is 27.8 Å². The van der Waals surface area contributed by atoms with Crippen LogP contribution in [0.5, 0.6) is 0 Å². The molecule has 1 saturated carbocycles. The predicted molar refractivity (Wildman–Crippen MR) is 142 cm³/mol. The number of amides is 3. The highest BCUT2D eigenvalue weighted by Crippen LogP contribution is 2.51. The zero-order chi connectivity index (χ0) is 27.5. The molecule has 0 bridgehead atoms. The first-order valence-electron chi connectivity index (χ1n) is 12.8. The van der Waals surface area contributed by atoms with Gasteiger partial charge in [-0.25, -0.2) is 0 Å². The van der Waals surface area contributed by atoms with Crippen LogP contribution in [0.4, 0.5) is 0 Å². The van der Waals surface area contributed by atoms with Crippen molar-refractivity contribution < 1.29 is 14.4 Å². The van der Waals surface area contributed by atoms with Crippen LogP contribution in [0, 0.1) is 17.2 Å². The summed E-state index contributed by atoms with van der Waals surface area (Å²) in [7, 11) is 0. The molecule has 0 radical (unpaired) electrons. The van der Waals surface area contributed by atoms with Gasteiger partial charge in [0.1, 0.15) is 6.04 Å². The molecule has 1 saturated heterocycles. The summed E-state index contributed by atoms with van der Waals surface area (Å²) in [4.78, 5) is 41.9. The van der Waals surface area contributed by atoms with E-state index in [4.69, 9.17) is 11.5 Å². The first kappa shape index (κ1) is 25.6. The molecule has 3 aliphatic rings. The summed E-state index contributed by atoms with van der Waals surface area (Å²) in [6, 6.07) is 5.45. The number of tetrazole rings is 1. The number of primary amides is 2. The number of nitrogens with two attached hydrogens (primary N) is 2. The Hall–Kier alpha value is -3.67. The van der Waals surface area contributed by atoms with Crippen molar-refractivity contribution in [2.24, 2.45) is 17.4 Å². The van der Waals surface area contributed by atoms with Crippen LogP contribution in [0.3, 0.4) is 0 Å². The van der Waals surface area contributed by atoms with E-state index in [0.29, 0.717) is 40.8 Å². The number of nitriles is 1. The number of rotatable bonds is 8. The fourth-order valence-corrected chi connectivity index (χ4v) is 8.60. The van der Waals surface area contributed by atoms with E-state index in [1.54, 1.807) is 11.0 Å². The lowest BCUT2D eigenvalue weighted by molar-refractivity contribution is -0.131. The average molecular weight is 566 g/mol. The Morgan fingerprint density at radius 2 is 2.00 bits per heavy atom. The summed E-state index contributed by atoms with van der Waals surface area (Å²) in [5.41, 5.74) is 12.2. The summed E-state index contributed by atoms with van der Waals surface area (Å²) in [5.74, 6) is -0.300. The minimum atomic E-state index is -0.976. The smallest absolute Gasteiger partial charge is 0.258 e. The van der Waals surface area contributed by atoms with Crippen molar-refractivity contribution in [1.82, 2.24) is 30.8 Å². The Morgan fingerprint density at radius 3 is 2.69 bits per heavy atom. The van der Waals surface area contributed by atoms with Gasteiger partial charge in [-0.2, -0.15) is 10.5 Å². The molecule has 2 fully saturated rings. The molecule has 6 N–H and O–H groups in total. The zero-order valence-electron chi connectivity index (χ0n) is 21.1. The molecule has 4 heterocycles. The number of H-pyrrole nitrogens is 1. The normalized spacial score (nSPS) is 25.6. The minimum Gasteiger partial charge on any atom is -0.365 e. The van der Waals surface area contributed by atoms with Crippen molar-refractivity contribution in [3.05, 3.63) is 48.6 Å². The monoisotopic (exact) mass is 565 g/mol. The van der Waals surface area contributed by atoms with Crippen molar-refractivity contribution in [2.75, 3.05) is 6.54 Å². The quantitative estimate of drug-likeness (QED) is 0.308. The summed E-state index contributed by atoms with van der Waals surface area (Å²) < 4.78 is 0. The van der Waals surface area contributed by atoms with E-state index in [0.717, 1.165) is 33.7 Å². The number of aryl methyl sites for hydroxylation is 2. The first-order chi connectivity index (χ1) is 18.7. The van der Waals surface area contributed by atoms with Gasteiger partial charge in [-0.3, -0.25) is 14.4 Å². The summed E-state index contributed by atoms with van der Waals surface area (Å²) in [6.07, 6.45) is 3.39. The van der Waals surface area contributed by atoms with E-state index >= 15 is 0 Å². The molecule has 0 aromatic carbocycles. The maximum atomic E-state index is 13.1. The third-order valence-electron chi connectivity index (χ3n) is 8.06. The number of aromatic amines is 1. The molecular weight excluding hydrogens is 538 g/mol. The lowest BCUT2D eigenvalue weighted by atomic mass is 9.73. The minimum absolute atomic E-state index is 0.0811. The van der Waals surface area contributed by atoms with E-state index in [2.05, 4.69) is 32.0 Å². The molecule has 39 heavy (non-hydrogen) atoms. The van der Waals surface area contributed by atoms with Gasteiger partial charge in [0, 0.05) is 21.8 Å². The van der Waals surface area contributed by atoms with Gasteiger partial charge in [0.25, 0.3) is 11.8 Å². The summed E-state index contributed by atoms with van der Waals surface area (Å²) in [6.45, 7) is 2.05. The number of carbonyl (C=O) groups is 3. The van der Waals surface area contributed by atoms with Gasteiger partial charge in [-0.1, -0.05) is 5.21 Å². The zero-order valence-corrected chi connectivity index (χ0v) is 22.8. The van der Waals surface area contributed by atoms with Crippen molar-refractivity contribution in [3.8, 4) is 6.07 Å². The van der Waals surface area contributed by atoms with Crippen molar-refractivity contribution in [3.63, 3.8) is 0 Å². The Kier molecular flexibility index (Phi) is 6.24. The largest absolute Gasteiger partial charge is 0.365 e. The SMILES string of the molecule is C[C@@H](CC1(c2nn[nH]n2)c2cc(C(N)=O)sc2CCc2cc(C(N)=O)sc21)NCC(=O)N1[C@H](C#N)C[C@@H]2C[C@@H]21. The molecule has 1 unspecified atom stereocenters. The van der Waals surface area contributed by atoms with Gasteiger partial charge >= 0.3 is 0 Å². The molecule has 3 aromatic rings. The van der Waals surface area contributed by atoms with Crippen LogP contribution in [-0.2, 0) is 23.1 Å². The molecule has 2 aliphatic carbocycles. The first-order valence-corrected chi connectivity index (χ1v) is 14.4. The van der Waals surface area contributed by atoms with Crippen LogP contribution in [0.2, 0.25) is 0 Å². The number of aromatic nitrogens is 4. The Balaban J connectivity index is 1.38. The topological polar surface area (TPSA) is 197 Å². The maximum absolute atomic E-state index is 13.1. The number of nitrogens with one attached hydrogen (secondary N) is 2. The molecule has 12 nitrogen and oxygen atoms in total. The van der Waals surface area contributed by atoms with Crippen molar-refractivity contribution in [2.45, 2.75) is 62.6 Å². The molecule has 5 atom stereocenters. The molecular formula is C25H27N9O3S2. The van der Waals surface area contributed by atoms with E-state index in [1.807, 2.05) is 13.0 Å². The summed E-state index contributed by atoms with van der Waals surface area (Å²) >= 11 is 2.64. The van der Waals surface area contributed by atoms with Crippen molar-refractivity contribution in [1.29, 1.82) is 5.26 Å². The van der Waals surface area contributed by atoms with Crippen LogP contribution < -0.4 is 16.8 Å². The second-order valence-electron chi connectivity index (χ2n) is 10.5. The fraction of sp³-hybridized carbons (Fsp3) is 0.480. The standard InChI is InChI=1S/C25H27N9O3S2/c1-11(29-10-20(35)34-14(9-26)4-13-5-16(13)34)8-25(24-30-32-33-31-24)15-7-19(23(28)37)38-17(15)3-2-12-6-18(22(27)36)39-21(12)25/h6-7,11,13-14,16,29H,2-5,8,10H2,1H3,(H2,27,36)(H2,28,37)(H,30,31,32,33)/t11-,13+,14-,16-,25?/m0/s1. The highest BCUT2D eigenvalue weighted by molar-refractivity contribution is 7.15. The lowest BCUT2D eigenvalue weighted by Crippen LogP contribution is -2.46. The van der Waals surface area contributed by atoms with Gasteiger partial charge in [-0.15, -0.1) is 32.9 Å². The van der Waals surface area contributed by atoms with Crippen molar-refractivity contribution >= 4 is 40.4 Å². The highest BCUT2D eigenvalue weighted by Gasteiger charge is 2.54. The van der Waals surface area contributed by atoms with Crippen LogP contribution >= 0.6 is 22.7 Å². The van der Waals surface area contributed by atoms with E-state index < -0.39 is 17.2 Å². The van der Waals surface area contributed by atoms with Gasteiger partial charge in [-0.05, 0) is 68.2 Å². The van der Waals surface area contributed by atoms with Gasteiger partial charge in [0.2, 0.25) is 5.91 Å². The molecule has 14 heteroatoms. The molecule has 0 spiro atoms. The van der Waals surface area contributed by atoms with Crippen LogP contribution in [-0.4, -0.2) is 67.9 Å². The number of likely N-dealkylation sites (tertiary alicyclic amines) is 1. The summed E-state index contributed by atoms with van der Waals surface area (Å²) in [5, 5.41) is 28.1. The average Bonchev–Trinajstić information content (AvgIpc) is 3.42. The van der Waals surface area contributed by atoms with E-state index in [-0.39, 0.29) is 30.6 Å². The second kappa shape index (κ2) is 9.51. The van der Waals surface area contributed by atoms with Gasteiger partial charge in [0.15, 0.2) is 5.82 Å². The molecule has 3 aromatic heterocycles.